The molecule has 4 nitrogen and oxygen atoms in total. The van der Waals surface area contributed by atoms with Gasteiger partial charge < -0.3 is 10.2 Å². The fourth-order valence-corrected chi connectivity index (χ4v) is 2.59. The van der Waals surface area contributed by atoms with Gasteiger partial charge >= 0.3 is 0 Å². The molecule has 0 bridgehead atoms. The van der Waals surface area contributed by atoms with E-state index in [1.165, 1.54) is 0 Å². The maximum Gasteiger partial charge on any atom is 0.246 e. The molecule has 2 amide bonds. The Hall–Kier alpha value is -1.84. The van der Waals surface area contributed by atoms with E-state index in [2.05, 4.69) is 23.5 Å². The Kier molecular flexibility index (Phi) is 3.84. The van der Waals surface area contributed by atoms with E-state index in [0.29, 0.717) is 13.0 Å². The lowest BCUT2D eigenvalue weighted by Crippen LogP contribution is -2.65. The Labute approximate surface area is 120 Å². The number of rotatable bonds is 3. The fraction of sp³-hybridized carbons (Fsp3) is 0.500. The lowest BCUT2D eigenvalue weighted by Gasteiger charge is -2.43. The average molecular weight is 274 g/mol. The first-order valence-corrected chi connectivity index (χ1v) is 7.03. The van der Waals surface area contributed by atoms with Gasteiger partial charge in [0.1, 0.15) is 5.54 Å². The molecular formula is C16H22N2O2. The van der Waals surface area contributed by atoms with Crippen molar-refractivity contribution in [2.75, 3.05) is 6.54 Å². The molecule has 1 fully saturated rings. The standard InChI is InChI=1S/C16H22N2O2/c1-5-16(4)15(20)17-9-14(19)18(16)10-13-8-11(2)6-7-12(13)3/h6-8H,5,9-10H2,1-4H3,(H,17,20). The predicted octanol–water partition coefficient (Wildman–Crippen LogP) is 1.93. The molecule has 4 heteroatoms. The van der Waals surface area contributed by atoms with Gasteiger partial charge in [-0.1, -0.05) is 30.7 Å². The van der Waals surface area contributed by atoms with E-state index in [1.807, 2.05) is 27.7 Å². The number of benzene rings is 1. The number of piperazine rings is 1. The Balaban J connectivity index is 2.35. The Morgan fingerprint density at radius 2 is 2.00 bits per heavy atom. The predicted molar refractivity (Wildman–Crippen MR) is 78.2 cm³/mol. The summed E-state index contributed by atoms with van der Waals surface area (Å²) in [5.74, 6) is -0.0836. The first kappa shape index (κ1) is 14.6. The number of nitrogens with one attached hydrogen (secondary N) is 1. The highest BCUT2D eigenvalue weighted by Gasteiger charge is 2.44. The average Bonchev–Trinajstić information content (AvgIpc) is 2.43. The molecule has 0 aromatic heterocycles. The van der Waals surface area contributed by atoms with Crippen molar-refractivity contribution in [2.45, 2.75) is 46.2 Å². The Morgan fingerprint density at radius 1 is 1.30 bits per heavy atom. The summed E-state index contributed by atoms with van der Waals surface area (Å²) in [6.07, 6.45) is 0.607. The van der Waals surface area contributed by atoms with Crippen molar-refractivity contribution < 1.29 is 9.59 Å². The van der Waals surface area contributed by atoms with Crippen molar-refractivity contribution in [3.05, 3.63) is 34.9 Å². The maximum absolute atomic E-state index is 12.2. The first-order valence-electron chi connectivity index (χ1n) is 7.03. The third kappa shape index (κ3) is 2.42. The number of amides is 2. The molecule has 1 aromatic rings. The number of nitrogens with zero attached hydrogens (tertiary/aromatic N) is 1. The highest BCUT2D eigenvalue weighted by molar-refractivity contribution is 5.97. The van der Waals surface area contributed by atoms with Gasteiger partial charge in [0, 0.05) is 6.54 Å². The zero-order valence-electron chi connectivity index (χ0n) is 12.6. The molecule has 0 saturated carbocycles. The number of hydrogen-bond donors (Lipinski definition) is 1. The van der Waals surface area contributed by atoms with Crippen LogP contribution in [0.2, 0.25) is 0 Å². The van der Waals surface area contributed by atoms with Gasteiger partial charge in [-0.15, -0.1) is 0 Å². The molecule has 1 aliphatic rings. The van der Waals surface area contributed by atoms with Crippen molar-refractivity contribution >= 4 is 11.8 Å². The lowest BCUT2D eigenvalue weighted by atomic mass is 9.91. The molecule has 2 rings (SSSR count). The van der Waals surface area contributed by atoms with Crippen LogP contribution in [0.4, 0.5) is 0 Å². The van der Waals surface area contributed by atoms with E-state index in [-0.39, 0.29) is 18.4 Å². The van der Waals surface area contributed by atoms with Crippen LogP contribution in [-0.2, 0) is 16.1 Å². The van der Waals surface area contributed by atoms with Gasteiger partial charge in [0.15, 0.2) is 0 Å². The van der Waals surface area contributed by atoms with Crippen molar-refractivity contribution in [3.8, 4) is 0 Å². The van der Waals surface area contributed by atoms with Crippen LogP contribution in [0.15, 0.2) is 18.2 Å². The Bertz CT molecular complexity index is 553. The summed E-state index contributed by atoms with van der Waals surface area (Å²) < 4.78 is 0. The van der Waals surface area contributed by atoms with E-state index in [9.17, 15) is 9.59 Å². The minimum Gasteiger partial charge on any atom is -0.345 e. The molecule has 108 valence electrons. The first-order chi connectivity index (χ1) is 9.38. The van der Waals surface area contributed by atoms with Crippen LogP contribution in [0.5, 0.6) is 0 Å². The molecule has 1 heterocycles. The summed E-state index contributed by atoms with van der Waals surface area (Å²) in [5, 5.41) is 2.68. The molecule has 0 aliphatic carbocycles. The topological polar surface area (TPSA) is 49.4 Å². The van der Waals surface area contributed by atoms with Gasteiger partial charge in [0.25, 0.3) is 0 Å². The van der Waals surface area contributed by atoms with E-state index < -0.39 is 5.54 Å². The second kappa shape index (κ2) is 5.27. The molecule has 1 saturated heterocycles. The van der Waals surface area contributed by atoms with Gasteiger partial charge in [-0.3, -0.25) is 9.59 Å². The van der Waals surface area contributed by atoms with Crippen LogP contribution in [0.3, 0.4) is 0 Å². The minimum absolute atomic E-state index is 0.0187. The van der Waals surface area contributed by atoms with E-state index in [1.54, 1.807) is 4.90 Å². The van der Waals surface area contributed by atoms with Crippen molar-refractivity contribution in [1.29, 1.82) is 0 Å². The number of aryl methyl sites for hydroxylation is 2. The quantitative estimate of drug-likeness (QED) is 0.915. The molecule has 0 spiro atoms. The zero-order chi connectivity index (χ0) is 14.9. The second-order valence-corrected chi connectivity index (χ2v) is 5.72. The van der Waals surface area contributed by atoms with Crippen LogP contribution >= 0.6 is 0 Å². The smallest absolute Gasteiger partial charge is 0.246 e. The molecule has 1 unspecified atom stereocenters. The zero-order valence-corrected chi connectivity index (χ0v) is 12.6. The third-order valence-corrected chi connectivity index (χ3v) is 4.31. The SMILES string of the molecule is CCC1(C)C(=O)NCC(=O)N1Cc1cc(C)ccc1C. The van der Waals surface area contributed by atoms with E-state index in [0.717, 1.165) is 16.7 Å². The number of carbonyl (C=O) groups is 2. The van der Waals surface area contributed by atoms with Crippen molar-refractivity contribution in [3.63, 3.8) is 0 Å². The van der Waals surface area contributed by atoms with Gasteiger partial charge in [-0.25, -0.2) is 0 Å². The fourth-order valence-electron chi connectivity index (χ4n) is 2.59. The van der Waals surface area contributed by atoms with Gasteiger partial charge in [0.05, 0.1) is 6.54 Å². The van der Waals surface area contributed by atoms with Crippen LogP contribution < -0.4 is 5.32 Å². The van der Waals surface area contributed by atoms with Crippen molar-refractivity contribution in [1.82, 2.24) is 10.2 Å². The van der Waals surface area contributed by atoms with E-state index >= 15 is 0 Å². The summed E-state index contributed by atoms with van der Waals surface area (Å²) in [7, 11) is 0. The molecule has 1 atom stereocenters. The molecular weight excluding hydrogens is 252 g/mol. The largest absolute Gasteiger partial charge is 0.345 e. The van der Waals surface area contributed by atoms with Gasteiger partial charge in [0.2, 0.25) is 11.8 Å². The number of carbonyl (C=O) groups excluding carboxylic acids is 2. The summed E-state index contributed by atoms with van der Waals surface area (Å²) >= 11 is 0. The monoisotopic (exact) mass is 274 g/mol. The molecule has 1 N–H and O–H groups in total. The van der Waals surface area contributed by atoms with Crippen LogP contribution in [0.1, 0.15) is 37.0 Å². The normalized spacial score (nSPS) is 22.9. The van der Waals surface area contributed by atoms with Crippen molar-refractivity contribution in [2.24, 2.45) is 0 Å². The Morgan fingerprint density at radius 3 is 2.65 bits per heavy atom. The van der Waals surface area contributed by atoms with Crippen LogP contribution in [0.25, 0.3) is 0 Å². The summed E-state index contributed by atoms with van der Waals surface area (Å²) in [6, 6.07) is 6.20. The molecule has 20 heavy (non-hydrogen) atoms. The number of hydrogen-bond acceptors (Lipinski definition) is 2. The molecule has 0 radical (unpaired) electrons. The van der Waals surface area contributed by atoms with E-state index in [4.69, 9.17) is 0 Å². The molecule has 1 aliphatic heterocycles. The minimum atomic E-state index is -0.758. The van der Waals surface area contributed by atoms with Crippen LogP contribution in [-0.4, -0.2) is 28.8 Å². The summed E-state index contributed by atoms with van der Waals surface area (Å²) in [5.41, 5.74) is 2.66. The highest BCUT2D eigenvalue weighted by atomic mass is 16.2. The summed E-state index contributed by atoms with van der Waals surface area (Å²) in [4.78, 5) is 26.1. The van der Waals surface area contributed by atoms with Crippen LogP contribution in [0, 0.1) is 13.8 Å². The molecule has 1 aromatic carbocycles. The maximum atomic E-state index is 12.2. The summed E-state index contributed by atoms with van der Waals surface area (Å²) in [6.45, 7) is 8.43. The second-order valence-electron chi connectivity index (χ2n) is 5.72. The highest BCUT2D eigenvalue weighted by Crippen LogP contribution is 2.26. The third-order valence-electron chi connectivity index (χ3n) is 4.31. The van der Waals surface area contributed by atoms with Gasteiger partial charge in [-0.05, 0) is 38.3 Å². The van der Waals surface area contributed by atoms with Gasteiger partial charge in [-0.2, -0.15) is 0 Å². The lowest BCUT2D eigenvalue weighted by molar-refractivity contribution is -0.153.